The van der Waals surface area contributed by atoms with E-state index in [4.69, 9.17) is 4.74 Å². The number of carbonyl (C=O) groups excluding carboxylic acids is 2. The summed E-state index contributed by atoms with van der Waals surface area (Å²) in [5.74, 6) is 0.333. The predicted molar refractivity (Wildman–Crippen MR) is 92.3 cm³/mol. The van der Waals surface area contributed by atoms with Crippen LogP contribution in [0.4, 0.5) is 4.79 Å². The van der Waals surface area contributed by atoms with Crippen molar-refractivity contribution in [3.05, 3.63) is 0 Å². The molecular formula is C18H34N2O3. The van der Waals surface area contributed by atoms with Crippen LogP contribution < -0.4 is 0 Å². The highest BCUT2D eigenvalue weighted by Gasteiger charge is 2.25. The van der Waals surface area contributed by atoms with E-state index in [9.17, 15) is 9.59 Å². The second-order valence-electron chi connectivity index (χ2n) is 8.93. The molecule has 5 nitrogen and oxygen atoms in total. The quantitative estimate of drug-likeness (QED) is 0.780. The summed E-state index contributed by atoms with van der Waals surface area (Å²) in [4.78, 5) is 26.1. The van der Waals surface area contributed by atoms with Gasteiger partial charge in [0, 0.05) is 32.6 Å². The minimum absolute atomic E-state index is 0.156. The summed E-state index contributed by atoms with van der Waals surface area (Å²) in [6, 6.07) is 0. The number of nitrogens with zero attached hydrogens (tertiary/aromatic N) is 2. The number of ether oxygens (including phenoxy) is 1. The second-order valence-corrected chi connectivity index (χ2v) is 8.93. The van der Waals surface area contributed by atoms with E-state index in [0.29, 0.717) is 12.5 Å². The van der Waals surface area contributed by atoms with Gasteiger partial charge in [0.25, 0.3) is 0 Å². The molecular weight excluding hydrogens is 292 g/mol. The Balaban J connectivity index is 0.000000231. The third kappa shape index (κ3) is 8.24. The van der Waals surface area contributed by atoms with Crippen LogP contribution in [0, 0.1) is 10.8 Å². The standard InChI is InChI=1S/C9H17NO2.C9H17NO/c1-9(2,3)7-10-5-4-6-12-8(10)11;1-9(2,3)7-10-6-4-5-8(10)11/h4-7H2,1-3H3;4-7H2,1-3H3. The Labute approximate surface area is 141 Å². The average Bonchev–Trinajstić information content (AvgIpc) is 2.75. The minimum atomic E-state index is -0.156. The van der Waals surface area contributed by atoms with E-state index < -0.39 is 0 Å². The zero-order chi connectivity index (χ0) is 17.7. The van der Waals surface area contributed by atoms with Crippen LogP contribution in [-0.2, 0) is 9.53 Å². The number of hydrogen-bond acceptors (Lipinski definition) is 3. The summed E-state index contributed by atoms with van der Waals surface area (Å²) < 4.78 is 4.92. The molecule has 2 aliphatic heterocycles. The number of hydrogen-bond donors (Lipinski definition) is 0. The summed E-state index contributed by atoms with van der Waals surface area (Å²) in [5, 5.41) is 0. The average molecular weight is 326 g/mol. The topological polar surface area (TPSA) is 49.9 Å². The van der Waals surface area contributed by atoms with Crippen molar-refractivity contribution in [3.63, 3.8) is 0 Å². The monoisotopic (exact) mass is 326 g/mol. The zero-order valence-electron chi connectivity index (χ0n) is 15.8. The van der Waals surface area contributed by atoms with Gasteiger partial charge in [0.05, 0.1) is 6.61 Å². The second kappa shape index (κ2) is 8.02. The summed E-state index contributed by atoms with van der Waals surface area (Å²) in [6.07, 6.45) is 2.61. The third-order valence-corrected chi connectivity index (χ3v) is 3.56. The lowest BCUT2D eigenvalue weighted by Crippen LogP contribution is -2.42. The van der Waals surface area contributed by atoms with Gasteiger partial charge in [0.1, 0.15) is 0 Å². The molecule has 2 amide bonds. The fraction of sp³-hybridized carbons (Fsp3) is 0.889. The molecule has 2 heterocycles. The molecule has 0 saturated carbocycles. The largest absolute Gasteiger partial charge is 0.449 e. The molecule has 2 aliphatic rings. The van der Waals surface area contributed by atoms with Gasteiger partial charge < -0.3 is 14.5 Å². The smallest absolute Gasteiger partial charge is 0.409 e. The maximum atomic E-state index is 11.2. The van der Waals surface area contributed by atoms with Gasteiger partial charge in [0.15, 0.2) is 0 Å². The van der Waals surface area contributed by atoms with Crippen LogP contribution in [0.15, 0.2) is 0 Å². The molecule has 0 bridgehead atoms. The van der Waals surface area contributed by atoms with E-state index in [1.54, 1.807) is 4.90 Å². The number of likely N-dealkylation sites (tertiary alicyclic amines) is 1. The Hall–Kier alpha value is -1.26. The van der Waals surface area contributed by atoms with Crippen molar-refractivity contribution in [2.75, 3.05) is 32.8 Å². The van der Waals surface area contributed by atoms with E-state index in [0.717, 1.165) is 45.4 Å². The normalized spacial score (nSPS) is 19.4. The van der Waals surface area contributed by atoms with Crippen LogP contribution in [0.25, 0.3) is 0 Å². The van der Waals surface area contributed by atoms with Crippen molar-refractivity contribution in [1.82, 2.24) is 9.80 Å². The first-order valence-corrected chi connectivity index (χ1v) is 8.67. The number of carbonyl (C=O) groups is 2. The molecule has 0 unspecified atom stereocenters. The molecule has 0 N–H and O–H groups in total. The molecule has 0 aromatic heterocycles. The van der Waals surface area contributed by atoms with Crippen LogP contribution >= 0.6 is 0 Å². The van der Waals surface area contributed by atoms with Crippen LogP contribution in [0.1, 0.15) is 60.8 Å². The lowest BCUT2D eigenvalue weighted by Gasteiger charge is -2.31. The van der Waals surface area contributed by atoms with Crippen molar-refractivity contribution in [2.24, 2.45) is 10.8 Å². The number of amides is 2. The van der Waals surface area contributed by atoms with Gasteiger partial charge in [-0.3, -0.25) is 4.79 Å². The van der Waals surface area contributed by atoms with Gasteiger partial charge in [0.2, 0.25) is 5.91 Å². The Morgan fingerprint density at radius 2 is 1.39 bits per heavy atom. The Kier molecular flexibility index (Phi) is 6.90. The number of cyclic esters (lactones) is 1. The molecule has 0 spiro atoms. The molecule has 0 aromatic carbocycles. The van der Waals surface area contributed by atoms with Gasteiger partial charge in [-0.2, -0.15) is 0 Å². The van der Waals surface area contributed by atoms with Gasteiger partial charge in [-0.15, -0.1) is 0 Å². The van der Waals surface area contributed by atoms with Crippen LogP contribution in [0.2, 0.25) is 0 Å². The maximum absolute atomic E-state index is 11.2. The van der Waals surface area contributed by atoms with Crippen LogP contribution in [0.5, 0.6) is 0 Å². The van der Waals surface area contributed by atoms with Gasteiger partial charge >= 0.3 is 6.09 Å². The summed E-state index contributed by atoms with van der Waals surface area (Å²) in [6.45, 7) is 16.9. The Morgan fingerprint density at radius 1 is 0.870 bits per heavy atom. The first-order chi connectivity index (χ1) is 10.5. The molecule has 0 atom stereocenters. The molecule has 2 fully saturated rings. The highest BCUT2D eigenvalue weighted by atomic mass is 16.6. The van der Waals surface area contributed by atoms with E-state index in [-0.39, 0.29) is 16.9 Å². The van der Waals surface area contributed by atoms with E-state index >= 15 is 0 Å². The van der Waals surface area contributed by atoms with Crippen LogP contribution in [0.3, 0.4) is 0 Å². The van der Waals surface area contributed by atoms with Gasteiger partial charge in [-0.1, -0.05) is 41.5 Å². The first kappa shape index (κ1) is 19.8. The van der Waals surface area contributed by atoms with Crippen molar-refractivity contribution in [2.45, 2.75) is 60.8 Å². The number of rotatable bonds is 2. The molecule has 23 heavy (non-hydrogen) atoms. The van der Waals surface area contributed by atoms with E-state index in [1.807, 2.05) is 4.90 Å². The van der Waals surface area contributed by atoms with E-state index in [2.05, 4.69) is 41.5 Å². The highest BCUT2D eigenvalue weighted by molar-refractivity contribution is 5.78. The molecule has 0 radical (unpaired) electrons. The first-order valence-electron chi connectivity index (χ1n) is 8.67. The predicted octanol–water partition coefficient (Wildman–Crippen LogP) is 3.53. The SMILES string of the molecule is CC(C)(C)CN1CCCC1=O.CC(C)(C)CN1CCCOC1=O. The highest BCUT2D eigenvalue weighted by Crippen LogP contribution is 2.19. The van der Waals surface area contributed by atoms with Gasteiger partial charge in [-0.05, 0) is 23.7 Å². The third-order valence-electron chi connectivity index (χ3n) is 3.56. The maximum Gasteiger partial charge on any atom is 0.409 e. The molecule has 2 rings (SSSR count). The lowest BCUT2D eigenvalue weighted by molar-refractivity contribution is -0.128. The van der Waals surface area contributed by atoms with Crippen LogP contribution in [-0.4, -0.2) is 54.6 Å². The summed E-state index contributed by atoms with van der Waals surface area (Å²) in [7, 11) is 0. The summed E-state index contributed by atoms with van der Waals surface area (Å²) in [5.41, 5.74) is 0.413. The van der Waals surface area contributed by atoms with Gasteiger partial charge in [-0.25, -0.2) is 4.79 Å². The Morgan fingerprint density at radius 3 is 1.83 bits per heavy atom. The Bertz CT molecular complexity index is 407. The zero-order valence-corrected chi connectivity index (χ0v) is 15.8. The minimum Gasteiger partial charge on any atom is -0.449 e. The van der Waals surface area contributed by atoms with Crippen molar-refractivity contribution in [3.8, 4) is 0 Å². The molecule has 5 heteroatoms. The fourth-order valence-corrected chi connectivity index (χ4v) is 2.76. The lowest BCUT2D eigenvalue weighted by atomic mass is 9.96. The molecule has 2 saturated heterocycles. The molecule has 0 aliphatic carbocycles. The van der Waals surface area contributed by atoms with Crippen molar-refractivity contribution < 1.29 is 14.3 Å². The molecule has 134 valence electrons. The van der Waals surface area contributed by atoms with Crippen molar-refractivity contribution in [1.29, 1.82) is 0 Å². The van der Waals surface area contributed by atoms with Crippen molar-refractivity contribution >= 4 is 12.0 Å². The summed E-state index contributed by atoms with van der Waals surface area (Å²) >= 11 is 0. The fourth-order valence-electron chi connectivity index (χ4n) is 2.76. The van der Waals surface area contributed by atoms with E-state index in [1.165, 1.54) is 0 Å². The molecule has 0 aromatic rings.